The number of allylic oxidation sites excluding steroid dienone is 4. The van der Waals surface area contributed by atoms with Crippen LogP contribution in [0.4, 0.5) is 0 Å². The van der Waals surface area contributed by atoms with Crippen molar-refractivity contribution >= 4 is 5.97 Å². The van der Waals surface area contributed by atoms with E-state index in [0.29, 0.717) is 6.42 Å². The molecule has 0 aromatic heterocycles. The van der Waals surface area contributed by atoms with Crippen LogP contribution in [0.2, 0.25) is 0 Å². The van der Waals surface area contributed by atoms with E-state index in [0.717, 1.165) is 44.5 Å². The van der Waals surface area contributed by atoms with E-state index in [2.05, 4.69) is 30.4 Å². The van der Waals surface area contributed by atoms with E-state index in [4.69, 9.17) is 4.74 Å². The van der Waals surface area contributed by atoms with Gasteiger partial charge in [-0.1, -0.05) is 18.7 Å². The first-order chi connectivity index (χ1) is 8.74. The SMILES string of the molecule is C=COC(=O)CCCCCOC1=C(C)C=CCC1. The van der Waals surface area contributed by atoms with Gasteiger partial charge in [-0.3, -0.25) is 4.79 Å². The molecule has 1 aliphatic carbocycles. The molecule has 100 valence electrons. The molecule has 0 N–H and O–H groups in total. The number of carbonyl (C=O) groups is 1. The molecule has 0 unspecified atom stereocenters. The number of carbonyl (C=O) groups excluding carboxylic acids is 1. The fraction of sp³-hybridized carbons (Fsp3) is 0.533. The molecule has 0 amide bonds. The lowest BCUT2D eigenvalue weighted by molar-refractivity contribution is -0.138. The van der Waals surface area contributed by atoms with Gasteiger partial charge >= 0.3 is 5.97 Å². The Balaban J connectivity index is 2.03. The first-order valence-corrected chi connectivity index (χ1v) is 6.53. The minimum absolute atomic E-state index is 0.207. The maximum atomic E-state index is 11.0. The van der Waals surface area contributed by atoms with Crippen LogP contribution in [0.15, 0.2) is 36.3 Å². The molecular formula is C15H22O3. The summed E-state index contributed by atoms with van der Waals surface area (Å²) in [5, 5.41) is 0. The van der Waals surface area contributed by atoms with Crippen LogP contribution in [0.25, 0.3) is 0 Å². The summed E-state index contributed by atoms with van der Waals surface area (Å²) in [6.45, 7) is 6.16. The van der Waals surface area contributed by atoms with E-state index < -0.39 is 0 Å². The van der Waals surface area contributed by atoms with Gasteiger partial charge in [-0.15, -0.1) is 0 Å². The van der Waals surface area contributed by atoms with Crippen molar-refractivity contribution in [3.8, 4) is 0 Å². The molecule has 3 heteroatoms. The van der Waals surface area contributed by atoms with E-state index in [9.17, 15) is 4.79 Å². The average molecular weight is 250 g/mol. The van der Waals surface area contributed by atoms with Crippen LogP contribution in [0, 0.1) is 0 Å². The van der Waals surface area contributed by atoms with Crippen LogP contribution < -0.4 is 0 Å². The fourth-order valence-corrected chi connectivity index (χ4v) is 1.85. The van der Waals surface area contributed by atoms with E-state index in [1.807, 2.05) is 0 Å². The zero-order chi connectivity index (χ0) is 13.2. The lowest BCUT2D eigenvalue weighted by atomic mass is 10.1. The van der Waals surface area contributed by atoms with Gasteiger partial charge in [0.2, 0.25) is 0 Å². The Morgan fingerprint density at radius 3 is 3.00 bits per heavy atom. The average Bonchev–Trinajstić information content (AvgIpc) is 2.36. The van der Waals surface area contributed by atoms with Gasteiger partial charge in [-0.25, -0.2) is 0 Å². The molecule has 1 rings (SSSR count). The minimum Gasteiger partial charge on any atom is -0.498 e. The molecule has 0 fully saturated rings. The normalized spacial score (nSPS) is 14.5. The maximum Gasteiger partial charge on any atom is 0.310 e. The Labute approximate surface area is 109 Å². The summed E-state index contributed by atoms with van der Waals surface area (Å²) in [6, 6.07) is 0. The van der Waals surface area contributed by atoms with Crippen molar-refractivity contribution in [1.29, 1.82) is 0 Å². The summed E-state index contributed by atoms with van der Waals surface area (Å²) in [4.78, 5) is 11.0. The number of unbranched alkanes of at least 4 members (excludes halogenated alkanes) is 2. The zero-order valence-corrected chi connectivity index (χ0v) is 11.1. The molecule has 0 saturated carbocycles. The molecule has 0 bridgehead atoms. The number of ether oxygens (including phenoxy) is 2. The Hall–Kier alpha value is -1.51. The van der Waals surface area contributed by atoms with Gasteiger partial charge in [0.15, 0.2) is 0 Å². The Kier molecular flexibility index (Phi) is 6.92. The van der Waals surface area contributed by atoms with Crippen LogP contribution in [0.1, 0.15) is 45.4 Å². The van der Waals surface area contributed by atoms with Crippen molar-refractivity contribution in [3.63, 3.8) is 0 Å². The standard InChI is InChI=1S/C15H22O3/c1-3-17-15(16)11-5-4-8-12-18-14-10-7-6-9-13(14)2/h3,6,9H,1,4-5,7-8,10-12H2,2H3. The molecule has 0 aromatic rings. The molecule has 0 aromatic carbocycles. The summed E-state index contributed by atoms with van der Waals surface area (Å²) >= 11 is 0. The molecule has 0 heterocycles. The Bertz CT molecular complexity index is 340. The molecule has 0 spiro atoms. The highest BCUT2D eigenvalue weighted by molar-refractivity contribution is 5.69. The van der Waals surface area contributed by atoms with Crippen LogP contribution in [-0.4, -0.2) is 12.6 Å². The summed E-state index contributed by atoms with van der Waals surface area (Å²) in [6.07, 6.45) is 10.8. The third-order valence-corrected chi connectivity index (χ3v) is 2.86. The van der Waals surface area contributed by atoms with Crippen molar-refractivity contribution < 1.29 is 14.3 Å². The summed E-state index contributed by atoms with van der Waals surface area (Å²) in [5.74, 6) is 0.908. The summed E-state index contributed by atoms with van der Waals surface area (Å²) in [5.41, 5.74) is 1.23. The van der Waals surface area contributed by atoms with Crippen LogP contribution in [-0.2, 0) is 14.3 Å². The molecule has 0 radical (unpaired) electrons. The quantitative estimate of drug-likeness (QED) is 0.372. The van der Waals surface area contributed by atoms with Crippen LogP contribution in [0.3, 0.4) is 0 Å². The Morgan fingerprint density at radius 1 is 1.44 bits per heavy atom. The fourth-order valence-electron chi connectivity index (χ4n) is 1.85. The van der Waals surface area contributed by atoms with Crippen LogP contribution >= 0.6 is 0 Å². The lowest BCUT2D eigenvalue weighted by Gasteiger charge is -2.14. The minimum atomic E-state index is -0.207. The largest absolute Gasteiger partial charge is 0.498 e. The second-order valence-electron chi connectivity index (χ2n) is 4.36. The van der Waals surface area contributed by atoms with Crippen molar-refractivity contribution in [2.45, 2.75) is 45.4 Å². The Morgan fingerprint density at radius 2 is 2.28 bits per heavy atom. The second kappa shape index (κ2) is 8.56. The maximum absolute atomic E-state index is 11.0. The molecule has 18 heavy (non-hydrogen) atoms. The first kappa shape index (κ1) is 14.6. The van der Waals surface area contributed by atoms with E-state index in [1.165, 1.54) is 11.8 Å². The van der Waals surface area contributed by atoms with Gasteiger partial charge in [0.05, 0.1) is 18.6 Å². The second-order valence-corrected chi connectivity index (χ2v) is 4.36. The van der Waals surface area contributed by atoms with Gasteiger partial charge in [0, 0.05) is 12.8 Å². The molecular weight excluding hydrogens is 228 g/mol. The predicted molar refractivity (Wildman–Crippen MR) is 71.8 cm³/mol. The van der Waals surface area contributed by atoms with E-state index >= 15 is 0 Å². The third kappa shape index (κ3) is 5.71. The van der Waals surface area contributed by atoms with Gasteiger partial charge in [0.1, 0.15) is 0 Å². The van der Waals surface area contributed by atoms with Crippen molar-refractivity contribution in [3.05, 3.63) is 36.3 Å². The highest BCUT2D eigenvalue weighted by Gasteiger charge is 2.05. The molecule has 0 aliphatic heterocycles. The van der Waals surface area contributed by atoms with E-state index in [1.54, 1.807) is 0 Å². The van der Waals surface area contributed by atoms with Crippen molar-refractivity contribution in [2.24, 2.45) is 0 Å². The zero-order valence-electron chi connectivity index (χ0n) is 11.1. The number of rotatable bonds is 8. The smallest absolute Gasteiger partial charge is 0.310 e. The van der Waals surface area contributed by atoms with Crippen LogP contribution in [0.5, 0.6) is 0 Å². The van der Waals surface area contributed by atoms with Crippen molar-refractivity contribution in [1.82, 2.24) is 0 Å². The highest BCUT2D eigenvalue weighted by atomic mass is 16.5. The summed E-state index contributed by atoms with van der Waals surface area (Å²) in [7, 11) is 0. The number of hydrogen-bond donors (Lipinski definition) is 0. The summed E-state index contributed by atoms with van der Waals surface area (Å²) < 4.78 is 10.4. The monoisotopic (exact) mass is 250 g/mol. The molecule has 0 saturated heterocycles. The van der Waals surface area contributed by atoms with Gasteiger partial charge in [0.25, 0.3) is 0 Å². The third-order valence-electron chi connectivity index (χ3n) is 2.86. The van der Waals surface area contributed by atoms with Gasteiger partial charge in [-0.05, 0) is 38.2 Å². The van der Waals surface area contributed by atoms with E-state index in [-0.39, 0.29) is 5.97 Å². The van der Waals surface area contributed by atoms with Gasteiger partial charge < -0.3 is 9.47 Å². The lowest BCUT2D eigenvalue weighted by Crippen LogP contribution is -2.01. The molecule has 1 aliphatic rings. The first-order valence-electron chi connectivity index (χ1n) is 6.53. The topological polar surface area (TPSA) is 35.5 Å². The number of esters is 1. The number of hydrogen-bond acceptors (Lipinski definition) is 3. The van der Waals surface area contributed by atoms with Crippen molar-refractivity contribution in [2.75, 3.05) is 6.61 Å². The molecule has 3 nitrogen and oxygen atoms in total. The predicted octanol–water partition coefficient (Wildman–Crippen LogP) is 3.87. The molecule has 0 atom stereocenters. The highest BCUT2D eigenvalue weighted by Crippen LogP contribution is 2.19. The van der Waals surface area contributed by atoms with Gasteiger partial charge in [-0.2, -0.15) is 0 Å².